The summed E-state index contributed by atoms with van der Waals surface area (Å²) in [4.78, 5) is 16.6. The van der Waals surface area contributed by atoms with Crippen LogP contribution in [0.25, 0.3) is 0 Å². The third kappa shape index (κ3) is 6.69. The van der Waals surface area contributed by atoms with Crippen molar-refractivity contribution in [3.05, 3.63) is 81.3 Å². The lowest BCUT2D eigenvalue weighted by atomic mass is 10.0. The molecule has 1 aromatic heterocycles. The summed E-state index contributed by atoms with van der Waals surface area (Å²) in [7, 11) is -2.41. The number of carbonyl (C=O) groups is 1. The average molecular weight is 567 g/mol. The van der Waals surface area contributed by atoms with Crippen LogP contribution < -0.4 is 4.74 Å². The van der Waals surface area contributed by atoms with Gasteiger partial charge in [0.1, 0.15) is 18.2 Å². The van der Waals surface area contributed by atoms with Crippen LogP contribution >= 0.6 is 22.9 Å². The van der Waals surface area contributed by atoms with Crippen LogP contribution in [0, 0.1) is 5.82 Å². The summed E-state index contributed by atoms with van der Waals surface area (Å²) in [5.41, 5.74) is 0.984. The second-order valence-electron chi connectivity index (χ2n) is 8.56. The third-order valence-electron chi connectivity index (χ3n) is 6.16. The molecule has 0 radical (unpaired) electrons. The van der Waals surface area contributed by atoms with Crippen LogP contribution in [0.2, 0.25) is 5.02 Å². The minimum atomic E-state index is -3.95. The first-order chi connectivity index (χ1) is 17.8. The summed E-state index contributed by atoms with van der Waals surface area (Å²) in [6.07, 6.45) is 1.11. The zero-order chi connectivity index (χ0) is 26.4. The number of sulfonamides is 1. The fourth-order valence-electron chi connectivity index (χ4n) is 4.25. The van der Waals surface area contributed by atoms with E-state index in [4.69, 9.17) is 21.1 Å². The van der Waals surface area contributed by atoms with Crippen molar-refractivity contribution in [2.24, 2.45) is 0 Å². The van der Waals surface area contributed by atoms with Crippen LogP contribution in [0.3, 0.4) is 0 Å². The van der Waals surface area contributed by atoms with E-state index in [1.807, 2.05) is 11.4 Å². The molecule has 1 aliphatic rings. The first kappa shape index (κ1) is 27.5. The van der Waals surface area contributed by atoms with E-state index >= 15 is 0 Å². The molecule has 4 rings (SSSR count). The van der Waals surface area contributed by atoms with Crippen LogP contribution in [0.5, 0.6) is 5.75 Å². The minimum Gasteiger partial charge on any atom is -0.491 e. The maximum atomic E-state index is 13.6. The highest BCUT2D eigenvalue weighted by atomic mass is 35.5. The molecule has 1 aliphatic heterocycles. The van der Waals surface area contributed by atoms with E-state index in [1.54, 1.807) is 23.3 Å². The summed E-state index contributed by atoms with van der Waals surface area (Å²) in [5.74, 6) is -0.195. The Bertz CT molecular complexity index is 1300. The number of carbonyl (C=O) groups excluding carboxylic acids is 1. The molecule has 1 amide bonds. The van der Waals surface area contributed by atoms with Crippen molar-refractivity contribution >= 4 is 38.9 Å². The van der Waals surface area contributed by atoms with Crippen molar-refractivity contribution in [1.29, 1.82) is 0 Å². The van der Waals surface area contributed by atoms with Crippen LogP contribution in [-0.4, -0.2) is 63.5 Å². The highest BCUT2D eigenvalue weighted by Gasteiger charge is 2.35. The topological polar surface area (TPSA) is 76.2 Å². The number of amides is 1. The van der Waals surface area contributed by atoms with Crippen LogP contribution in [-0.2, 0) is 26.0 Å². The van der Waals surface area contributed by atoms with Crippen LogP contribution in [0.15, 0.2) is 64.9 Å². The molecular formula is C26H28ClFN2O5S2. The molecule has 0 bridgehead atoms. The monoisotopic (exact) mass is 566 g/mol. The minimum absolute atomic E-state index is 0.0667. The van der Waals surface area contributed by atoms with Gasteiger partial charge in [-0.1, -0.05) is 11.6 Å². The van der Waals surface area contributed by atoms with Gasteiger partial charge in [0, 0.05) is 36.7 Å². The van der Waals surface area contributed by atoms with E-state index in [2.05, 4.69) is 0 Å². The van der Waals surface area contributed by atoms with Gasteiger partial charge in [0.15, 0.2) is 0 Å². The Hall–Kier alpha value is -2.50. The number of methoxy groups -OCH3 is 1. The van der Waals surface area contributed by atoms with Crippen LogP contribution in [0.1, 0.15) is 22.9 Å². The van der Waals surface area contributed by atoms with E-state index < -0.39 is 16.1 Å². The van der Waals surface area contributed by atoms with Crippen molar-refractivity contribution in [3.63, 3.8) is 0 Å². The van der Waals surface area contributed by atoms with Crippen molar-refractivity contribution in [2.45, 2.75) is 23.8 Å². The zero-order valence-electron chi connectivity index (χ0n) is 20.3. The number of ether oxygens (including phenoxy) is 2. The molecule has 7 nitrogen and oxygen atoms in total. The van der Waals surface area contributed by atoms with Crippen LogP contribution in [0.4, 0.5) is 4.39 Å². The quantitative estimate of drug-likeness (QED) is 0.312. The van der Waals surface area contributed by atoms with Gasteiger partial charge in [-0.25, -0.2) is 12.8 Å². The molecule has 0 saturated carbocycles. The second kappa shape index (κ2) is 12.4. The van der Waals surface area contributed by atoms with E-state index in [1.165, 1.54) is 57.7 Å². The van der Waals surface area contributed by atoms with E-state index in [0.29, 0.717) is 36.8 Å². The second-order valence-corrected chi connectivity index (χ2v) is 11.9. The Morgan fingerprint density at radius 2 is 1.89 bits per heavy atom. The van der Waals surface area contributed by atoms with Crippen molar-refractivity contribution in [3.8, 4) is 5.75 Å². The van der Waals surface area contributed by atoms with Gasteiger partial charge < -0.3 is 14.4 Å². The molecule has 2 heterocycles. The maximum absolute atomic E-state index is 13.6. The molecular weight excluding hydrogens is 539 g/mol. The first-order valence-electron chi connectivity index (χ1n) is 11.8. The van der Waals surface area contributed by atoms with E-state index in [9.17, 15) is 17.6 Å². The molecule has 0 aliphatic carbocycles. The lowest BCUT2D eigenvalue weighted by Gasteiger charge is -2.37. The average Bonchev–Trinajstić information content (AvgIpc) is 3.37. The molecule has 2 aromatic carbocycles. The summed E-state index contributed by atoms with van der Waals surface area (Å²) in [6.45, 7) is 0.766. The Morgan fingerprint density at radius 3 is 2.59 bits per heavy atom. The number of hydrogen-bond acceptors (Lipinski definition) is 6. The number of rotatable bonds is 11. The van der Waals surface area contributed by atoms with E-state index in [-0.39, 0.29) is 36.3 Å². The molecule has 37 heavy (non-hydrogen) atoms. The third-order valence-corrected chi connectivity index (χ3v) is 9.26. The summed E-state index contributed by atoms with van der Waals surface area (Å²) >= 11 is 7.57. The summed E-state index contributed by atoms with van der Waals surface area (Å²) < 4.78 is 52.4. The summed E-state index contributed by atoms with van der Waals surface area (Å²) in [5, 5.41) is 2.40. The highest BCUT2D eigenvalue weighted by Crippen LogP contribution is 2.34. The predicted octanol–water partition coefficient (Wildman–Crippen LogP) is 4.77. The molecule has 0 saturated heterocycles. The van der Waals surface area contributed by atoms with Gasteiger partial charge in [-0.15, -0.1) is 11.3 Å². The number of thiophene rings is 1. The lowest BCUT2D eigenvalue weighted by Crippen LogP contribution is -2.48. The largest absolute Gasteiger partial charge is 0.491 e. The zero-order valence-corrected chi connectivity index (χ0v) is 22.7. The molecule has 198 valence electrons. The number of benzene rings is 2. The van der Waals surface area contributed by atoms with Crippen molar-refractivity contribution < 1.29 is 27.1 Å². The first-order valence-corrected chi connectivity index (χ1v) is 14.5. The Labute approximate surface area is 225 Å². The molecule has 0 spiro atoms. The number of fused-ring (bicyclic) bond motifs is 1. The Morgan fingerprint density at radius 1 is 1.16 bits per heavy atom. The van der Waals surface area contributed by atoms with E-state index in [0.717, 1.165) is 5.56 Å². The molecule has 1 atom stereocenters. The number of hydrogen-bond donors (Lipinski definition) is 0. The molecule has 3 aromatic rings. The normalized spacial score (nSPS) is 15.6. The Kier molecular flexibility index (Phi) is 9.20. The maximum Gasteiger partial charge on any atom is 0.243 e. The molecule has 0 fully saturated rings. The van der Waals surface area contributed by atoms with Crippen molar-refractivity contribution in [2.75, 3.05) is 40.0 Å². The fraction of sp³-hybridized carbons (Fsp3) is 0.346. The van der Waals surface area contributed by atoms with Gasteiger partial charge in [0.2, 0.25) is 15.9 Å². The number of nitrogens with zero attached hydrogens (tertiary/aromatic N) is 2. The van der Waals surface area contributed by atoms with Gasteiger partial charge >= 0.3 is 0 Å². The smallest absolute Gasteiger partial charge is 0.243 e. The molecule has 0 unspecified atom stereocenters. The van der Waals surface area contributed by atoms with Gasteiger partial charge in [0.05, 0.1) is 17.5 Å². The van der Waals surface area contributed by atoms with Gasteiger partial charge in [-0.2, -0.15) is 4.31 Å². The van der Waals surface area contributed by atoms with Gasteiger partial charge in [-0.3, -0.25) is 4.79 Å². The SMILES string of the molecule is COCCCN(CC(=O)N1CCc2sccc2[C@@H]1COc1ccc(F)cc1)S(=O)(=O)c1ccc(Cl)cc1. The van der Waals surface area contributed by atoms with Gasteiger partial charge in [-0.05, 0) is 78.4 Å². The predicted molar refractivity (Wildman–Crippen MR) is 141 cm³/mol. The summed E-state index contributed by atoms with van der Waals surface area (Å²) in [6, 6.07) is 13.2. The number of halogens is 2. The fourth-order valence-corrected chi connectivity index (χ4v) is 6.73. The standard InChI is InChI=1S/C26H28ClFN2O5S2/c1-34-15-2-13-29(37(32,33)22-9-3-19(27)4-10-22)17-26(31)30-14-11-25-23(12-16-36-25)24(30)18-35-21-7-5-20(28)6-8-21/h3-10,12,16,24H,2,11,13-15,17-18H2,1H3/t24-/m0/s1. The molecule has 0 N–H and O–H groups in total. The lowest BCUT2D eigenvalue weighted by molar-refractivity contribution is -0.135. The Balaban J connectivity index is 1.55. The van der Waals surface area contributed by atoms with Gasteiger partial charge in [0.25, 0.3) is 0 Å². The molecule has 11 heteroatoms. The van der Waals surface area contributed by atoms with Crippen molar-refractivity contribution in [1.82, 2.24) is 9.21 Å². The highest BCUT2D eigenvalue weighted by molar-refractivity contribution is 7.89.